The van der Waals surface area contributed by atoms with Crippen LogP contribution in [0, 0.1) is 6.92 Å². The van der Waals surface area contributed by atoms with Crippen LogP contribution in [0.15, 0.2) is 42.5 Å². The van der Waals surface area contributed by atoms with Crippen LogP contribution in [0.5, 0.6) is 0 Å². The second kappa shape index (κ2) is 7.09. The van der Waals surface area contributed by atoms with Gasteiger partial charge in [-0.1, -0.05) is 12.1 Å². The number of amides is 1. The lowest BCUT2D eigenvalue weighted by molar-refractivity contribution is -0.117. The van der Waals surface area contributed by atoms with E-state index < -0.39 is 0 Å². The van der Waals surface area contributed by atoms with Gasteiger partial charge in [0.1, 0.15) is 0 Å². The van der Waals surface area contributed by atoms with E-state index in [2.05, 4.69) is 24.4 Å². The van der Waals surface area contributed by atoms with Crippen LogP contribution in [-0.2, 0) is 11.2 Å². The van der Waals surface area contributed by atoms with Gasteiger partial charge in [-0.25, -0.2) is 0 Å². The quantitative estimate of drug-likeness (QED) is 0.657. The van der Waals surface area contributed by atoms with Crippen LogP contribution in [0.2, 0.25) is 0 Å². The number of anilines is 1. The normalized spacial score (nSPS) is 12.5. The zero-order valence-electron chi connectivity index (χ0n) is 12.3. The van der Waals surface area contributed by atoms with E-state index in [1.54, 1.807) is 23.5 Å². The molecule has 0 aliphatic heterocycles. The molecule has 1 amide bonds. The number of hydrogen-bond acceptors (Lipinski definition) is 3. The number of nitrogen functional groups attached to an aromatic ring is 1. The molecule has 0 fully saturated rings. The summed E-state index contributed by atoms with van der Waals surface area (Å²) in [5, 5.41) is 2.98. The van der Waals surface area contributed by atoms with Gasteiger partial charge in [0, 0.05) is 34.0 Å². The zero-order chi connectivity index (χ0) is 15.2. The Morgan fingerprint density at radius 2 is 2.00 bits per heavy atom. The minimum atomic E-state index is -0.0763. The van der Waals surface area contributed by atoms with Crippen molar-refractivity contribution in [3.63, 3.8) is 0 Å². The predicted octanol–water partition coefficient (Wildman–Crippen LogP) is 3.40. The summed E-state index contributed by atoms with van der Waals surface area (Å²) in [6, 6.07) is 11.8. The highest BCUT2D eigenvalue weighted by molar-refractivity contribution is 7.11. The SMILES string of the molecule is Cc1ccc(CC(C)NC(=O)/C=C/c2ccc(N)cc2)s1. The third kappa shape index (κ3) is 5.08. The molecular formula is C17H20N2OS. The number of thiophene rings is 1. The Kier molecular flexibility index (Phi) is 5.17. The first-order valence-electron chi connectivity index (χ1n) is 6.92. The van der Waals surface area contributed by atoms with E-state index in [9.17, 15) is 4.79 Å². The number of carbonyl (C=O) groups is 1. The minimum Gasteiger partial charge on any atom is -0.399 e. The zero-order valence-corrected chi connectivity index (χ0v) is 13.1. The lowest BCUT2D eigenvalue weighted by Gasteiger charge is -2.11. The third-order valence-corrected chi connectivity index (χ3v) is 4.08. The highest BCUT2D eigenvalue weighted by Gasteiger charge is 2.07. The van der Waals surface area contributed by atoms with Crippen LogP contribution in [-0.4, -0.2) is 11.9 Å². The van der Waals surface area contributed by atoms with Crippen LogP contribution in [0.3, 0.4) is 0 Å². The predicted molar refractivity (Wildman–Crippen MR) is 90.3 cm³/mol. The smallest absolute Gasteiger partial charge is 0.244 e. The first-order valence-corrected chi connectivity index (χ1v) is 7.74. The number of aryl methyl sites for hydroxylation is 1. The molecular weight excluding hydrogens is 280 g/mol. The van der Waals surface area contributed by atoms with Gasteiger partial charge < -0.3 is 11.1 Å². The summed E-state index contributed by atoms with van der Waals surface area (Å²) in [4.78, 5) is 14.5. The molecule has 3 N–H and O–H groups in total. The van der Waals surface area contributed by atoms with Crippen molar-refractivity contribution in [2.24, 2.45) is 0 Å². The summed E-state index contributed by atoms with van der Waals surface area (Å²) in [5.74, 6) is -0.0763. The van der Waals surface area contributed by atoms with Gasteiger partial charge in [0.15, 0.2) is 0 Å². The van der Waals surface area contributed by atoms with E-state index in [-0.39, 0.29) is 11.9 Å². The maximum absolute atomic E-state index is 11.9. The van der Waals surface area contributed by atoms with Crippen molar-refractivity contribution in [2.45, 2.75) is 26.3 Å². The Balaban J connectivity index is 1.84. The second-order valence-corrected chi connectivity index (χ2v) is 6.50. The van der Waals surface area contributed by atoms with Crippen LogP contribution in [0.4, 0.5) is 5.69 Å². The molecule has 0 aliphatic carbocycles. The molecule has 110 valence electrons. The Bertz CT molecular complexity index is 628. The van der Waals surface area contributed by atoms with E-state index in [0.29, 0.717) is 0 Å². The van der Waals surface area contributed by atoms with Crippen molar-refractivity contribution < 1.29 is 4.79 Å². The molecule has 0 aliphatic rings. The average Bonchev–Trinajstić information content (AvgIpc) is 2.83. The lowest BCUT2D eigenvalue weighted by Crippen LogP contribution is -2.32. The fraction of sp³-hybridized carbons (Fsp3) is 0.235. The minimum absolute atomic E-state index is 0.0763. The van der Waals surface area contributed by atoms with Crippen molar-refractivity contribution >= 4 is 29.0 Å². The van der Waals surface area contributed by atoms with Gasteiger partial charge in [0.2, 0.25) is 5.91 Å². The summed E-state index contributed by atoms with van der Waals surface area (Å²) < 4.78 is 0. The molecule has 1 heterocycles. The summed E-state index contributed by atoms with van der Waals surface area (Å²) in [5.41, 5.74) is 7.30. The summed E-state index contributed by atoms with van der Waals surface area (Å²) in [6.45, 7) is 4.11. The van der Waals surface area contributed by atoms with Crippen LogP contribution in [0.25, 0.3) is 6.08 Å². The maximum atomic E-state index is 11.9. The van der Waals surface area contributed by atoms with Gasteiger partial charge in [0.25, 0.3) is 0 Å². The number of rotatable bonds is 5. The summed E-state index contributed by atoms with van der Waals surface area (Å²) in [7, 11) is 0. The number of benzene rings is 1. The monoisotopic (exact) mass is 300 g/mol. The second-order valence-electron chi connectivity index (χ2n) is 5.13. The highest BCUT2D eigenvalue weighted by atomic mass is 32.1. The molecule has 0 spiro atoms. The topological polar surface area (TPSA) is 55.1 Å². The van der Waals surface area contributed by atoms with Gasteiger partial charge in [-0.3, -0.25) is 4.79 Å². The van der Waals surface area contributed by atoms with Gasteiger partial charge in [-0.15, -0.1) is 11.3 Å². The fourth-order valence-corrected chi connectivity index (χ4v) is 3.04. The highest BCUT2D eigenvalue weighted by Crippen LogP contribution is 2.16. The van der Waals surface area contributed by atoms with Gasteiger partial charge in [-0.05, 0) is 49.8 Å². The molecule has 1 aromatic carbocycles. The number of hydrogen-bond donors (Lipinski definition) is 2. The molecule has 0 saturated heterocycles. The van der Waals surface area contributed by atoms with Crippen molar-refractivity contribution in [1.29, 1.82) is 0 Å². The van der Waals surface area contributed by atoms with Crippen molar-refractivity contribution in [1.82, 2.24) is 5.32 Å². The van der Waals surface area contributed by atoms with Gasteiger partial charge >= 0.3 is 0 Å². The maximum Gasteiger partial charge on any atom is 0.244 e. The lowest BCUT2D eigenvalue weighted by atomic mass is 10.2. The third-order valence-electron chi connectivity index (χ3n) is 3.06. The fourth-order valence-electron chi connectivity index (χ4n) is 2.02. The molecule has 1 unspecified atom stereocenters. The standard InChI is InChI=1S/C17H20N2OS/c1-12(11-16-9-3-13(2)21-16)19-17(20)10-6-14-4-7-15(18)8-5-14/h3-10,12H,11,18H2,1-2H3,(H,19,20)/b10-6+. The number of nitrogens with one attached hydrogen (secondary N) is 1. The molecule has 21 heavy (non-hydrogen) atoms. The molecule has 2 aromatic rings. The van der Waals surface area contributed by atoms with Crippen molar-refractivity contribution in [3.05, 3.63) is 57.8 Å². The first-order chi connectivity index (χ1) is 10.0. The average molecular weight is 300 g/mol. The summed E-state index contributed by atoms with van der Waals surface area (Å²) in [6.07, 6.45) is 4.21. The van der Waals surface area contributed by atoms with E-state index in [0.717, 1.165) is 17.7 Å². The van der Waals surface area contributed by atoms with E-state index >= 15 is 0 Å². The molecule has 3 nitrogen and oxygen atoms in total. The first kappa shape index (κ1) is 15.3. The molecule has 0 saturated carbocycles. The van der Waals surface area contributed by atoms with Crippen LogP contribution >= 0.6 is 11.3 Å². The van der Waals surface area contributed by atoms with Crippen LogP contribution in [0.1, 0.15) is 22.2 Å². The van der Waals surface area contributed by atoms with E-state index in [4.69, 9.17) is 5.73 Å². The largest absolute Gasteiger partial charge is 0.399 e. The van der Waals surface area contributed by atoms with Crippen molar-refractivity contribution in [2.75, 3.05) is 5.73 Å². The Morgan fingerprint density at radius 3 is 2.62 bits per heavy atom. The number of carbonyl (C=O) groups excluding carboxylic acids is 1. The molecule has 0 radical (unpaired) electrons. The molecule has 1 aromatic heterocycles. The Morgan fingerprint density at radius 1 is 1.29 bits per heavy atom. The van der Waals surface area contributed by atoms with Gasteiger partial charge in [0.05, 0.1) is 0 Å². The van der Waals surface area contributed by atoms with E-state index in [1.165, 1.54) is 9.75 Å². The van der Waals surface area contributed by atoms with Gasteiger partial charge in [-0.2, -0.15) is 0 Å². The summed E-state index contributed by atoms with van der Waals surface area (Å²) >= 11 is 1.77. The molecule has 0 bridgehead atoms. The molecule has 4 heteroatoms. The molecule has 2 rings (SSSR count). The Hall–Kier alpha value is -2.07. The van der Waals surface area contributed by atoms with Crippen LogP contribution < -0.4 is 11.1 Å². The van der Waals surface area contributed by atoms with Crippen molar-refractivity contribution in [3.8, 4) is 0 Å². The molecule has 1 atom stereocenters. The van der Waals surface area contributed by atoms with E-state index in [1.807, 2.05) is 31.2 Å². The Labute approximate surface area is 129 Å². The number of nitrogens with two attached hydrogens (primary N) is 1.